The molecule has 1 aliphatic heterocycles. The normalized spacial score (nSPS) is 17.7. The van der Waals surface area contributed by atoms with Crippen molar-refractivity contribution in [2.24, 2.45) is 24.8 Å². The Morgan fingerprint density at radius 3 is 2.42 bits per heavy atom. The van der Waals surface area contributed by atoms with Gasteiger partial charge < -0.3 is 29.6 Å². The number of aryl methyl sites for hydroxylation is 1. The number of likely N-dealkylation sites (tertiary alicyclic amines) is 1. The summed E-state index contributed by atoms with van der Waals surface area (Å²) in [7, 11) is 5.08. The van der Waals surface area contributed by atoms with Gasteiger partial charge in [0.05, 0.1) is 19.1 Å². The summed E-state index contributed by atoms with van der Waals surface area (Å²) < 4.78 is 12.9. The highest BCUT2D eigenvalue weighted by Crippen LogP contribution is 2.32. The molecule has 0 bridgehead atoms. The highest BCUT2D eigenvalue weighted by Gasteiger charge is 2.38. The highest BCUT2D eigenvalue weighted by molar-refractivity contribution is 7.09. The van der Waals surface area contributed by atoms with E-state index in [1.54, 1.807) is 24.3 Å². The van der Waals surface area contributed by atoms with Crippen molar-refractivity contribution in [2.75, 3.05) is 27.2 Å². The largest absolute Gasteiger partial charge is 0.469 e. The average Bonchev–Trinajstić information content (AvgIpc) is 3.84. The molecule has 0 saturated carbocycles. The van der Waals surface area contributed by atoms with Crippen LogP contribution in [0.4, 0.5) is 0 Å². The summed E-state index contributed by atoms with van der Waals surface area (Å²) in [4.78, 5) is 75.8. The van der Waals surface area contributed by atoms with Crippen molar-refractivity contribution in [3.05, 3.63) is 52.1 Å². The molecule has 59 heavy (non-hydrogen) atoms. The monoisotopic (exact) mass is 836 g/mol. The van der Waals surface area contributed by atoms with Gasteiger partial charge in [-0.3, -0.25) is 28.9 Å². The van der Waals surface area contributed by atoms with Crippen LogP contribution in [0.2, 0.25) is 0 Å². The van der Waals surface area contributed by atoms with E-state index in [2.05, 4.69) is 27.4 Å². The minimum atomic E-state index is -0.835. The first-order valence-electron chi connectivity index (χ1n) is 21.4. The van der Waals surface area contributed by atoms with Crippen LogP contribution in [-0.2, 0) is 42.1 Å². The van der Waals surface area contributed by atoms with E-state index >= 15 is 0 Å². The van der Waals surface area contributed by atoms with Gasteiger partial charge in [-0.1, -0.05) is 79.0 Å². The Kier molecular flexibility index (Phi) is 17.9. The summed E-state index contributed by atoms with van der Waals surface area (Å²) in [5, 5.41) is 9.44. The summed E-state index contributed by atoms with van der Waals surface area (Å²) in [6, 6.07) is 6.26. The topological polar surface area (TPSA) is 152 Å². The maximum absolute atomic E-state index is 14.4. The predicted molar refractivity (Wildman–Crippen MR) is 232 cm³/mol. The molecule has 2 N–H and O–H groups in total. The van der Waals surface area contributed by atoms with Gasteiger partial charge in [0.15, 0.2) is 6.10 Å². The number of nitrogens with zero attached hydrogens (tertiary/aromatic N) is 4. The fraction of sp³-hybridized carbons (Fsp3) is 0.644. The number of ether oxygens (including phenoxy) is 2. The highest BCUT2D eigenvalue weighted by atomic mass is 32.1. The zero-order valence-corrected chi connectivity index (χ0v) is 37.7. The molecule has 1 fully saturated rings. The Morgan fingerprint density at radius 1 is 1.03 bits per heavy atom. The number of carbonyl (C=O) groups is 5. The Morgan fingerprint density at radius 2 is 1.76 bits per heavy atom. The van der Waals surface area contributed by atoms with Gasteiger partial charge in [-0.2, -0.15) is 0 Å². The Bertz CT molecular complexity index is 1880. The number of nitrogens with one attached hydrogen (secondary N) is 2. The third-order valence-electron chi connectivity index (χ3n) is 11.9. The van der Waals surface area contributed by atoms with Gasteiger partial charge in [-0.25, -0.2) is 4.98 Å². The van der Waals surface area contributed by atoms with Crippen molar-refractivity contribution in [3.8, 4) is 0 Å². The summed E-state index contributed by atoms with van der Waals surface area (Å²) in [5.74, 6) is -2.20. The summed E-state index contributed by atoms with van der Waals surface area (Å²) in [6.45, 7) is 15.0. The summed E-state index contributed by atoms with van der Waals surface area (Å²) in [6.07, 6.45) is 7.87. The second-order valence-electron chi connectivity index (χ2n) is 16.8. The van der Waals surface area contributed by atoms with Crippen LogP contribution >= 0.6 is 11.3 Å². The molecule has 1 aliphatic rings. The number of hydrogen-bond donors (Lipinski definition) is 2. The third kappa shape index (κ3) is 12.6. The molecule has 3 aromatic rings. The smallest absolute Gasteiger partial charge is 0.308 e. The molecular formula is C45H68N6O7S. The number of hydrogen-bond acceptors (Lipinski definition) is 10. The maximum Gasteiger partial charge on any atom is 0.308 e. The van der Waals surface area contributed by atoms with Gasteiger partial charge in [-0.05, 0) is 68.7 Å². The van der Waals surface area contributed by atoms with Crippen LogP contribution in [0, 0.1) is 17.8 Å². The molecule has 326 valence electrons. The van der Waals surface area contributed by atoms with Crippen molar-refractivity contribution in [2.45, 2.75) is 137 Å². The predicted octanol–water partition coefficient (Wildman–Crippen LogP) is 6.84. The molecule has 1 saturated heterocycles. The Balaban J connectivity index is 1.54. The van der Waals surface area contributed by atoms with Crippen molar-refractivity contribution in [1.29, 1.82) is 0 Å². The van der Waals surface area contributed by atoms with E-state index in [-0.39, 0.29) is 47.8 Å². The van der Waals surface area contributed by atoms with Crippen LogP contribution < -0.4 is 10.6 Å². The molecule has 7 atom stereocenters. The Labute approximate surface area is 355 Å². The number of methoxy groups -OCH3 is 1. The quantitative estimate of drug-likeness (QED) is 0.110. The number of likely N-dealkylation sites (N-methyl/N-ethyl adjacent to an activating group) is 1. The molecule has 0 aliphatic carbocycles. The second kappa shape index (κ2) is 22.3. The van der Waals surface area contributed by atoms with Crippen molar-refractivity contribution < 1.29 is 33.4 Å². The molecule has 1 unspecified atom stereocenters. The van der Waals surface area contributed by atoms with Gasteiger partial charge in [0.25, 0.3) is 5.91 Å². The summed E-state index contributed by atoms with van der Waals surface area (Å²) >= 11 is 1.21. The van der Waals surface area contributed by atoms with E-state index in [1.807, 2.05) is 69.8 Å². The van der Waals surface area contributed by atoms with Crippen LogP contribution in [-0.4, -0.2) is 100 Å². The average molecular weight is 837 g/mol. The number of para-hydroxylation sites is 1. The lowest BCUT2D eigenvalue weighted by Crippen LogP contribution is -2.58. The number of fused-ring (bicyclic) bond motifs is 1. The molecule has 2 aromatic heterocycles. The van der Waals surface area contributed by atoms with Crippen molar-refractivity contribution in [3.63, 3.8) is 0 Å². The minimum absolute atomic E-state index is 0.0486. The van der Waals surface area contributed by atoms with Crippen LogP contribution in [0.15, 0.2) is 35.8 Å². The lowest BCUT2D eigenvalue weighted by atomic mass is 9.92. The van der Waals surface area contributed by atoms with Gasteiger partial charge >= 0.3 is 11.9 Å². The first-order valence-corrected chi connectivity index (χ1v) is 22.3. The van der Waals surface area contributed by atoms with E-state index < -0.39 is 42.0 Å². The molecule has 13 nitrogen and oxygen atoms in total. The van der Waals surface area contributed by atoms with Crippen LogP contribution in [0.25, 0.3) is 10.9 Å². The maximum atomic E-state index is 14.4. The number of benzene rings is 1. The molecule has 14 heteroatoms. The Hall–Kier alpha value is -4.30. The number of piperidine rings is 1. The van der Waals surface area contributed by atoms with E-state index in [1.165, 1.54) is 25.4 Å². The number of amides is 3. The van der Waals surface area contributed by atoms with Crippen LogP contribution in [0.1, 0.15) is 127 Å². The molecule has 3 amide bonds. The van der Waals surface area contributed by atoms with Crippen molar-refractivity contribution >= 4 is 51.9 Å². The van der Waals surface area contributed by atoms with Gasteiger partial charge in [0.2, 0.25) is 11.8 Å². The fourth-order valence-corrected chi connectivity index (χ4v) is 9.14. The standard InChI is InChI=1S/C45H68N6O7S/c1-11-13-21-51-22-17-16-20-37(51)42(54)48-40(29(5)12-2)44(55)50(9)38(28(3)4)25-39(58-31(7)52)43-47-35(27-59-43)41(53)46-33(23-30(6)45(56)57-10)24-32-26-49(8)36-19-15-14-18-34(32)36/h14-15,18-19,26-30,33,37-40H,11-13,16-17,20-25H2,1-10H3,(H,46,53)(H,48,54)/t29-,30-,33+,37+,38?,39+,40-/m0/s1. The first-order chi connectivity index (χ1) is 28.1. The SMILES string of the molecule is CCCCN1CCCC[C@@H]1C(=O)N[C@H](C(=O)N(C)C(C[C@@H](OC(C)=O)c1nc(C(=O)N[C@@H](Cc2cn(C)c3ccccc23)C[C@H](C)C(=O)OC)cs1)C(C)C)[C@@H](C)CC. The van der Waals surface area contributed by atoms with E-state index in [0.717, 1.165) is 61.7 Å². The molecular weight excluding hydrogens is 769 g/mol. The molecule has 3 heterocycles. The number of aromatic nitrogens is 2. The molecule has 0 spiro atoms. The number of unbranched alkanes of at least 4 members (excludes halogenated alkanes) is 1. The zero-order valence-electron chi connectivity index (χ0n) is 36.9. The van der Waals surface area contributed by atoms with Gasteiger partial charge in [0.1, 0.15) is 16.7 Å². The second-order valence-corrected chi connectivity index (χ2v) is 17.6. The lowest BCUT2D eigenvalue weighted by molar-refractivity contribution is -0.149. The van der Waals surface area contributed by atoms with Crippen LogP contribution in [0.5, 0.6) is 0 Å². The van der Waals surface area contributed by atoms with E-state index in [0.29, 0.717) is 24.3 Å². The number of thiazole rings is 1. The fourth-order valence-electron chi connectivity index (χ4n) is 8.30. The summed E-state index contributed by atoms with van der Waals surface area (Å²) in [5.41, 5.74) is 2.27. The molecule has 1 aromatic carbocycles. The molecule has 0 radical (unpaired) electrons. The number of rotatable bonds is 21. The lowest BCUT2D eigenvalue weighted by Gasteiger charge is -2.39. The van der Waals surface area contributed by atoms with E-state index in [4.69, 9.17) is 9.47 Å². The number of carbonyl (C=O) groups excluding carboxylic acids is 5. The minimum Gasteiger partial charge on any atom is -0.469 e. The van der Waals surface area contributed by atoms with Gasteiger partial charge in [-0.15, -0.1) is 11.3 Å². The number of esters is 2. The van der Waals surface area contributed by atoms with Crippen LogP contribution in [0.3, 0.4) is 0 Å². The first kappa shape index (κ1) is 47.4. The van der Waals surface area contributed by atoms with E-state index in [9.17, 15) is 24.0 Å². The zero-order chi connectivity index (χ0) is 43.4. The van der Waals surface area contributed by atoms with Crippen molar-refractivity contribution in [1.82, 2.24) is 30.0 Å². The molecule has 4 rings (SSSR count). The van der Waals surface area contributed by atoms with Gasteiger partial charge in [0, 0.05) is 62.0 Å². The third-order valence-corrected chi connectivity index (χ3v) is 12.9.